The number of fused-ring (bicyclic) bond motifs is 2. The molecule has 0 spiro atoms. The van der Waals surface area contributed by atoms with Crippen molar-refractivity contribution >= 4 is 11.8 Å². The van der Waals surface area contributed by atoms with Gasteiger partial charge in [-0.3, -0.25) is 9.59 Å². The molecule has 236 valence electrons. The van der Waals surface area contributed by atoms with Gasteiger partial charge in [-0.05, 0) is 99.3 Å². The van der Waals surface area contributed by atoms with Crippen LogP contribution < -0.4 is 5.32 Å². The molecule has 1 aromatic carbocycles. The van der Waals surface area contributed by atoms with Gasteiger partial charge in [0.1, 0.15) is 6.04 Å². The SMILES string of the molecule is C=C([C@H]1CCC2C(CCc3cc(C(=O)N(C)C)ccc3C2(C[C@@H](C)NCC(=O)N2CCCC2C#N)c2nn[nH]n2)C1)N(C)C. The Morgan fingerprint density at radius 1 is 1.20 bits per heavy atom. The van der Waals surface area contributed by atoms with Crippen LogP contribution in [0, 0.1) is 29.1 Å². The first-order valence-corrected chi connectivity index (χ1v) is 15.9. The molecule has 2 N–H and O–H groups in total. The maximum Gasteiger partial charge on any atom is 0.253 e. The Labute approximate surface area is 261 Å². The maximum absolute atomic E-state index is 13.1. The number of tetrazole rings is 1. The van der Waals surface area contributed by atoms with Crippen LogP contribution in [0.5, 0.6) is 0 Å². The average Bonchev–Trinajstić information content (AvgIpc) is 3.71. The summed E-state index contributed by atoms with van der Waals surface area (Å²) in [6, 6.07) is 7.99. The molecule has 2 amide bonds. The molecule has 1 saturated heterocycles. The molecule has 11 nitrogen and oxygen atoms in total. The van der Waals surface area contributed by atoms with Gasteiger partial charge in [0.2, 0.25) is 5.91 Å². The lowest BCUT2D eigenvalue weighted by molar-refractivity contribution is -0.130. The van der Waals surface area contributed by atoms with Gasteiger partial charge in [0.25, 0.3) is 5.91 Å². The standard InChI is InChI=1S/C33H47N9O2/c1-21(35-20-30(43)42-15-7-8-27(42)19-34)18-33(32-36-38-39-37-32)28-13-11-23(22(2)40(3)4)16-24(28)9-10-25-17-26(12-14-29(25)33)31(44)41(5)6/h12,14,17,21,23-24,27-28,35H,2,7-11,13,15-16,18,20H2,1,3-6H3,(H,36,37,38,39)/t21-,23+,24?,27?,28?,33?/m1/s1. The highest BCUT2D eigenvalue weighted by Crippen LogP contribution is 2.55. The zero-order chi connectivity index (χ0) is 31.6. The molecule has 44 heavy (non-hydrogen) atoms. The molecule has 1 saturated carbocycles. The summed E-state index contributed by atoms with van der Waals surface area (Å²) in [5, 5.41) is 29.1. The molecule has 0 bridgehead atoms. The minimum Gasteiger partial charge on any atom is -0.381 e. The Hall–Kier alpha value is -3.78. The van der Waals surface area contributed by atoms with Crippen molar-refractivity contribution < 1.29 is 9.59 Å². The van der Waals surface area contributed by atoms with Crippen LogP contribution in [-0.4, -0.2) is 101 Å². The lowest BCUT2D eigenvalue weighted by atomic mass is 9.57. The molecule has 1 aromatic heterocycles. The third kappa shape index (κ3) is 5.96. The number of hydrogen-bond donors (Lipinski definition) is 2. The summed E-state index contributed by atoms with van der Waals surface area (Å²) in [4.78, 5) is 31.6. The Bertz CT molecular complexity index is 1400. The molecule has 6 atom stereocenters. The van der Waals surface area contributed by atoms with Crippen molar-refractivity contribution in [3.05, 3.63) is 53.0 Å². The smallest absolute Gasteiger partial charge is 0.253 e. The highest BCUT2D eigenvalue weighted by Gasteiger charge is 2.53. The fraction of sp³-hybridized carbons (Fsp3) is 0.636. The van der Waals surface area contributed by atoms with E-state index in [1.807, 2.05) is 6.07 Å². The predicted molar refractivity (Wildman–Crippen MR) is 167 cm³/mol. The fourth-order valence-corrected chi connectivity index (χ4v) is 8.17. The number of rotatable bonds is 9. The molecular weight excluding hydrogens is 554 g/mol. The normalized spacial score (nSPS) is 27.0. The second-order valence-electron chi connectivity index (χ2n) is 13.4. The van der Waals surface area contributed by atoms with Gasteiger partial charge in [-0.15, -0.1) is 10.2 Å². The van der Waals surface area contributed by atoms with E-state index in [0.29, 0.717) is 36.2 Å². The summed E-state index contributed by atoms with van der Waals surface area (Å²) in [5.74, 6) is 1.64. The topological polar surface area (TPSA) is 134 Å². The van der Waals surface area contributed by atoms with Crippen LogP contribution in [0.2, 0.25) is 0 Å². The number of carbonyl (C=O) groups excluding carboxylic acids is 2. The fourth-order valence-electron chi connectivity index (χ4n) is 8.17. The van der Waals surface area contributed by atoms with Gasteiger partial charge in [0.05, 0.1) is 18.0 Å². The molecule has 2 fully saturated rings. The van der Waals surface area contributed by atoms with Gasteiger partial charge in [0.15, 0.2) is 5.82 Å². The number of H-pyrrole nitrogens is 1. The monoisotopic (exact) mass is 601 g/mol. The van der Waals surface area contributed by atoms with Crippen LogP contribution in [0.3, 0.4) is 0 Å². The summed E-state index contributed by atoms with van der Waals surface area (Å²) in [5.41, 5.74) is 3.56. The first-order valence-electron chi connectivity index (χ1n) is 15.9. The number of carbonyl (C=O) groups is 2. The van der Waals surface area contributed by atoms with Crippen LogP contribution in [0.15, 0.2) is 30.5 Å². The van der Waals surface area contributed by atoms with Gasteiger partial charge in [-0.1, -0.05) is 17.9 Å². The largest absolute Gasteiger partial charge is 0.381 e. The van der Waals surface area contributed by atoms with Crippen molar-refractivity contribution in [1.29, 1.82) is 5.26 Å². The zero-order valence-corrected chi connectivity index (χ0v) is 26.8. The minimum absolute atomic E-state index is 0.0203. The number of aryl methyl sites for hydroxylation is 1. The number of likely N-dealkylation sites (tertiary alicyclic amines) is 1. The van der Waals surface area contributed by atoms with Crippen molar-refractivity contribution in [1.82, 2.24) is 40.6 Å². The van der Waals surface area contributed by atoms with Crippen molar-refractivity contribution in [2.75, 3.05) is 41.3 Å². The Kier molecular flexibility index (Phi) is 9.39. The van der Waals surface area contributed by atoms with Crippen molar-refractivity contribution in [2.24, 2.45) is 17.8 Å². The number of hydrogen-bond acceptors (Lipinski definition) is 8. The van der Waals surface area contributed by atoms with Crippen molar-refractivity contribution in [2.45, 2.75) is 75.8 Å². The molecule has 2 heterocycles. The Morgan fingerprint density at radius 2 is 2.00 bits per heavy atom. The third-order valence-electron chi connectivity index (χ3n) is 10.4. The molecule has 3 aliphatic rings. The van der Waals surface area contributed by atoms with Gasteiger partial charge >= 0.3 is 0 Å². The van der Waals surface area contributed by atoms with Crippen LogP contribution in [0.1, 0.15) is 79.2 Å². The first kappa shape index (κ1) is 31.6. The zero-order valence-electron chi connectivity index (χ0n) is 26.8. The number of nitriles is 1. The molecular formula is C33H47N9O2. The lowest BCUT2D eigenvalue weighted by Gasteiger charge is -2.48. The van der Waals surface area contributed by atoms with Crippen molar-refractivity contribution in [3.8, 4) is 6.07 Å². The lowest BCUT2D eigenvalue weighted by Crippen LogP contribution is -2.49. The molecule has 2 aliphatic carbocycles. The van der Waals surface area contributed by atoms with E-state index in [1.54, 1.807) is 23.9 Å². The van der Waals surface area contributed by atoms with E-state index >= 15 is 0 Å². The summed E-state index contributed by atoms with van der Waals surface area (Å²) in [7, 11) is 7.69. The number of aromatic amines is 1. The van der Waals surface area contributed by atoms with Gasteiger partial charge in [-0.2, -0.15) is 10.5 Å². The summed E-state index contributed by atoms with van der Waals surface area (Å²) >= 11 is 0. The second kappa shape index (κ2) is 13.1. The Balaban J connectivity index is 1.53. The van der Waals surface area contributed by atoms with Crippen LogP contribution in [0.25, 0.3) is 0 Å². The van der Waals surface area contributed by atoms with Crippen molar-refractivity contribution in [3.63, 3.8) is 0 Å². The summed E-state index contributed by atoms with van der Waals surface area (Å²) in [6.07, 6.45) is 7.15. The minimum atomic E-state index is -0.577. The van der Waals surface area contributed by atoms with E-state index in [4.69, 9.17) is 0 Å². The summed E-state index contributed by atoms with van der Waals surface area (Å²) < 4.78 is 0. The molecule has 11 heteroatoms. The average molecular weight is 602 g/mol. The molecule has 4 unspecified atom stereocenters. The number of amides is 2. The Morgan fingerprint density at radius 3 is 2.68 bits per heavy atom. The van der Waals surface area contributed by atoms with Crippen LogP contribution in [0.4, 0.5) is 0 Å². The summed E-state index contributed by atoms with van der Waals surface area (Å²) in [6.45, 7) is 7.34. The van der Waals surface area contributed by atoms with E-state index in [9.17, 15) is 14.9 Å². The molecule has 1 aliphatic heterocycles. The van der Waals surface area contributed by atoms with Crippen LogP contribution >= 0.6 is 0 Å². The number of nitrogens with zero attached hydrogens (tertiary/aromatic N) is 7. The van der Waals surface area contributed by atoms with Crippen LogP contribution in [-0.2, 0) is 16.6 Å². The number of benzene rings is 1. The number of aromatic nitrogens is 4. The number of nitrogens with one attached hydrogen (secondary N) is 2. The van der Waals surface area contributed by atoms with E-state index in [-0.39, 0.29) is 36.4 Å². The van der Waals surface area contributed by atoms with E-state index in [2.05, 4.69) is 76.6 Å². The number of allylic oxidation sites excluding steroid dienone is 1. The molecule has 2 aromatic rings. The molecule has 5 rings (SSSR count). The molecule has 0 radical (unpaired) electrons. The van der Waals surface area contributed by atoms with E-state index in [1.165, 1.54) is 5.70 Å². The predicted octanol–water partition coefficient (Wildman–Crippen LogP) is 3.12. The third-order valence-corrected chi connectivity index (χ3v) is 10.4. The first-order chi connectivity index (χ1) is 21.1. The van der Waals surface area contributed by atoms with E-state index < -0.39 is 5.41 Å². The van der Waals surface area contributed by atoms with Gasteiger partial charge in [0, 0.05) is 52.0 Å². The maximum atomic E-state index is 13.1. The van der Waals surface area contributed by atoms with E-state index in [0.717, 1.165) is 56.1 Å². The highest BCUT2D eigenvalue weighted by molar-refractivity contribution is 5.94. The second-order valence-corrected chi connectivity index (χ2v) is 13.4. The van der Waals surface area contributed by atoms with Gasteiger partial charge in [-0.25, -0.2) is 0 Å². The van der Waals surface area contributed by atoms with Gasteiger partial charge < -0.3 is 20.0 Å². The quantitative estimate of drug-likeness (QED) is 0.448. The highest BCUT2D eigenvalue weighted by atomic mass is 16.2.